The van der Waals surface area contributed by atoms with E-state index in [2.05, 4.69) is 5.16 Å². The number of hydrogen-bond acceptors (Lipinski definition) is 5. The highest BCUT2D eigenvalue weighted by Gasteiger charge is 2.16. The maximum Gasteiger partial charge on any atom is 0.254 e. The van der Waals surface area contributed by atoms with E-state index in [1.54, 1.807) is 23.7 Å². The predicted molar refractivity (Wildman–Crippen MR) is 106 cm³/mol. The number of hydrogen-bond donors (Lipinski definition) is 0. The van der Waals surface area contributed by atoms with Gasteiger partial charge in [0.1, 0.15) is 18.1 Å². The number of likely N-dealkylation sites (N-methyl/N-ethyl adjacent to an activating group) is 1. The highest BCUT2D eigenvalue weighted by Crippen LogP contribution is 2.27. The Morgan fingerprint density at radius 3 is 2.63 bits per heavy atom. The van der Waals surface area contributed by atoms with Crippen LogP contribution < -0.4 is 4.74 Å². The summed E-state index contributed by atoms with van der Waals surface area (Å²) in [6.45, 7) is 2.84. The maximum atomic E-state index is 12.8. The minimum Gasteiger partial charge on any atom is -0.492 e. The molecular formula is C21H22N2O3S. The van der Waals surface area contributed by atoms with Gasteiger partial charge in [-0.05, 0) is 31.2 Å². The van der Waals surface area contributed by atoms with Crippen molar-refractivity contribution in [2.45, 2.75) is 17.6 Å². The van der Waals surface area contributed by atoms with Gasteiger partial charge in [0.2, 0.25) is 0 Å². The summed E-state index contributed by atoms with van der Waals surface area (Å²) in [5, 5.41) is 3.90. The van der Waals surface area contributed by atoms with Gasteiger partial charge in [-0.15, -0.1) is 11.8 Å². The molecule has 0 saturated heterocycles. The van der Waals surface area contributed by atoms with Crippen LogP contribution in [-0.4, -0.2) is 36.2 Å². The third-order valence-electron chi connectivity index (χ3n) is 3.95. The molecule has 0 aliphatic rings. The summed E-state index contributed by atoms with van der Waals surface area (Å²) < 4.78 is 10.9. The average Bonchev–Trinajstić information content (AvgIpc) is 3.12. The lowest BCUT2D eigenvalue weighted by atomic mass is 10.2. The lowest BCUT2D eigenvalue weighted by Crippen LogP contribution is -2.31. The van der Waals surface area contributed by atoms with Crippen LogP contribution in [0, 0.1) is 6.92 Å². The maximum absolute atomic E-state index is 12.8. The van der Waals surface area contributed by atoms with Gasteiger partial charge in [-0.25, -0.2) is 0 Å². The summed E-state index contributed by atoms with van der Waals surface area (Å²) in [5.74, 6) is 2.20. The number of carbonyl (C=O) groups excluding carboxylic acids is 1. The predicted octanol–water partition coefficient (Wildman–Crippen LogP) is 4.43. The highest BCUT2D eigenvalue weighted by molar-refractivity contribution is 7.98. The topological polar surface area (TPSA) is 55.6 Å². The van der Waals surface area contributed by atoms with Crippen molar-refractivity contribution in [1.82, 2.24) is 10.1 Å². The molecule has 0 fully saturated rings. The molecule has 140 valence electrons. The van der Waals surface area contributed by atoms with E-state index in [0.717, 1.165) is 22.1 Å². The van der Waals surface area contributed by atoms with Gasteiger partial charge in [-0.2, -0.15) is 0 Å². The number of carbonyl (C=O) groups is 1. The Balaban J connectivity index is 1.58. The lowest BCUT2D eigenvalue weighted by molar-refractivity contribution is 0.0770. The van der Waals surface area contributed by atoms with E-state index in [0.29, 0.717) is 24.5 Å². The molecule has 6 heteroatoms. The number of amides is 1. The molecule has 0 N–H and O–H groups in total. The van der Waals surface area contributed by atoms with Crippen molar-refractivity contribution in [2.24, 2.45) is 0 Å². The van der Waals surface area contributed by atoms with Gasteiger partial charge < -0.3 is 14.2 Å². The lowest BCUT2D eigenvalue weighted by Gasteiger charge is -2.19. The van der Waals surface area contributed by atoms with Crippen LogP contribution in [0.25, 0.3) is 0 Å². The molecule has 0 radical (unpaired) electrons. The minimum atomic E-state index is -0.0245. The molecule has 0 saturated carbocycles. The van der Waals surface area contributed by atoms with Crippen molar-refractivity contribution in [3.05, 3.63) is 77.7 Å². The number of nitrogens with zero attached hydrogens (tertiary/aromatic N) is 2. The Hall–Kier alpha value is -2.73. The molecule has 3 rings (SSSR count). The number of aromatic nitrogens is 1. The van der Waals surface area contributed by atoms with Gasteiger partial charge in [0.15, 0.2) is 0 Å². The van der Waals surface area contributed by atoms with Crippen LogP contribution >= 0.6 is 11.8 Å². The first kappa shape index (κ1) is 19.0. The average molecular weight is 382 g/mol. The van der Waals surface area contributed by atoms with E-state index in [1.807, 2.05) is 67.6 Å². The van der Waals surface area contributed by atoms with Crippen LogP contribution in [0.15, 0.2) is 70.1 Å². The van der Waals surface area contributed by atoms with Crippen molar-refractivity contribution < 1.29 is 14.1 Å². The molecule has 1 amide bonds. The Labute approximate surface area is 163 Å². The van der Waals surface area contributed by atoms with Crippen LogP contribution in [0.3, 0.4) is 0 Å². The van der Waals surface area contributed by atoms with Crippen LogP contribution in [0.1, 0.15) is 21.8 Å². The third-order valence-corrected chi connectivity index (χ3v) is 5.05. The quantitative estimate of drug-likeness (QED) is 0.540. The first-order chi connectivity index (χ1) is 13.1. The molecule has 0 atom stereocenters. The first-order valence-electron chi connectivity index (χ1n) is 8.71. The summed E-state index contributed by atoms with van der Waals surface area (Å²) in [6, 6.07) is 19.1. The van der Waals surface area contributed by atoms with Crippen LogP contribution in [0.2, 0.25) is 0 Å². The van der Waals surface area contributed by atoms with E-state index in [-0.39, 0.29) is 5.91 Å². The van der Waals surface area contributed by atoms with Crippen molar-refractivity contribution >= 4 is 17.7 Å². The highest BCUT2D eigenvalue weighted by atomic mass is 32.2. The fourth-order valence-electron chi connectivity index (χ4n) is 2.53. The van der Waals surface area contributed by atoms with Crippen molar-refractivity contribution in [2.75, 3.05) is 20.2 Å². The summed E-state index contributed by atoms with van der Waals surface area (Å²) in [5.41, 5.74) is 1.54. The first-order valence-corrected chi connectivity index (χ1v) is 9.69. The molecular weight excluding hydrogens is 360 g/mol. The Bertz CT molecular complexity index is 880. The number of aryl methyl sites for hydroxylation is 1. The molecule has 5 nitrogen and oxygen atoms in total. The van der Waals surface area contributed by atoms with E-state index in [1.165, 1.54) is 0 Å². The second kappa shape index (κ2) is 9.28. The van der Waals surface area contributed by atoms with E-state index in [4.69, 9.17) is 9.26 Å². The van der Waals surface area contributed by atoms with Gasteiger partial charge in [0.25, 0.3) is 5.91 Å². The van der Waals surface area contributed by atoms with Gasteiger partial charge >= 0.3 is 0 Å². The summed E-state index contributed by atoms with van der Waals surface area (Å²) in [6.07, 6.45) is 0. The number of thioether (sulfide) groups is 1. The third kappa shape index (κ3) is 5.37. The monoisotopic (exact) mass is 382 g/mol. The normalized spacial score (nSPS) is 10.6. The van der Waals surface area contributed by atoms with Crippen LogP contribution in [-0.2, 0) is 5.75 Å². The standard InChI is InChI=1S/C21H22N2O3S/c1-16-14-18(26-22-16)15-27-20-11-7-6-10-19(20)21(24)23(2)12-13-25-17-8-4-3-5-9-17/h3-11,14H,12-13,15H2,1-2H3. The molecule has 0 spiro atoms. The number of ether oxygens (including phenoxy) is 1. The van der Waals surface area contributed by atoms with Crippen molar-refractivity contribution in [3.8, 4) is 5.75 Å². The molecule has 0 bridgehead atoms. The second-order valence-electron chi connectivity index (χ2n) is 6.11. The number of benzene rings is 2. The Morgan fingerprint density at radius 1 is 1.15 bits per heavy atom. The zero-order valence-electron chi connectivity index (χ0n) is 15.4. The molecule has 3 aromatic rings. The number of para-hydroxylation sites is 1. The van der Waals surface area contributed by atoms with Gasteiger partial charge in [-0.3, -0.25) is 4.79 Å². The molecule has 2 aromatic carbocycles. The minimum absolute atomic E-state index is 0.0245. The molecule has 27 heavy (non-hydrogen) atoms. The van der Waals surface area contributed by atoms with Crippen molar-refractivity contribution in [1.29, 1.82) is 0 Å². The Kier molecular flexibility index (Phi) is 6.54. The molecule has 0 aliphatic heterocycles. The molecule has 0 unspecified atom stereocenters. The van der Waals surface area contributed by atoms with E-state index >= 15 is 0 Å². The Morgan fingerprint density at radius 2 is 1.89 bits per heavy atom. The zero-order valence-corrected chi connectivity index (χ0v) is 16.2. The fraction of sp³-hybridized carbons (Fsp3) is 0.238. The largest absolute Gasteiger partial charge is 0.492 e. The zero-order chi connectivity index (χ0) is 19.1. The van der Waals surface area contributed by atoms with Gasteiger partial charge in [0, 0.05) is 18.0 Å². The molecule has 1 aromatic heterocycles. The van der Waals surface area contributed by atoms with Gasteiger partial charge in [-0.1, -0.05) is 35.5 Å². The second-order valence-corrected chi connectivity index (χ2v) is 7.12. The molecule has 0 aliphatic carbocycles. The molecule has 1 heterocycles. The smallest absolute Gasteiger partial charge is 0.254 e. The van der Waals surface area contributed by atoms with Crippen LogP contribution in [0.5, 0.6) is 5.75 Å². The van der Waals surface area contributed by atoms with E-state index < -0.39 is 0 Å². The summed E-state index contributed by atoms with van der Waals surface area (Å²) in [7, 11) is 1.79. The van der Waals surface area contributed by atoms with Gasteiger partial charge in [0.05, 0.1) is 23.6 Å². The van der Waals surface area contributed by atoms with Crippen molar-refractivity contribution in [3.63, 3.8) is 0 Å². The fourth-order valence-corrected chi connectivity index (χ4v) is 3.45. The summed E-state index contributed by atoms with van der Waals surface area (Å²) >= 11 is 1.57. The number of rotatable bonds is 8. The summed E-state index contributed by atoms with van der Waals surface area (Å²) in [4.78, 5) is 15.4. The SMILES string of the molecule is Cc1cc(CSc2ccccc2C(=O)N(C)CCOc2ccccc2)on1. The van der Waals surface area contributed by atoms with Crippen LogP contribution in [0.4, 0.5) is 0 Å². The van der Waals surface area contributed by atoms with E-state index in [9.17, 15) is 4.79 Å².